The van der Waals surface area contributed by atoms with Crippen LogP contribution in [0, 0.1) is 5.41 Å². The van der Waals surface area contributed by atoms with E-state index in [-0.39, 0.29) is 11.5 Å². The molecule has 19 heavy (non-hydrogen) atoms. The highest BCUT2D eigenvalue weighted by atomic mass is 16.5. The van der Waals surface area contributed by atoms with E-state index in [0.29, 0.717) is 6.54 Å². The monoisotopic (exact) mass is 262 g/mol. The van der Waals surface area contributed by atoms with Crippen LogP contribution in [0.25, 0.3) is 0 Å². The third kappa shape index (κ3) is 3.96. The SMILES string of the molecule is COC(=O)NCC1(C)CCN(Cc2ccccc2)C1. The number of likely N-dealkylation sites (tertiary alicyclic amines) is 1. The van der Waals surface area contributed by atoms with Crippen molar-refractivity contribution in [1.29, 1.82) is 0 Å². The van der Waals surface area contributed by atoms with Crippen molar-refractivity contribution in [3.05, 3.63) is 35.9 Å². The van der Waals surface area contributed by atoms with Crippen LogP contribution < -0.4 is 5.32 Å². The van der Waals surface area contributed by atoms with Gasteiger partial charge in [0.05, 0.1) is 7.11 Å². The first kappa shape index (κ1) is 13.9. The lowest BCUT2D eigenvalue weighted by molar-refractivity contribution is 0.163. The van der Waals surface area contributed by atoms with Crippen LogP contribution in [0.4, 0.5) is 4.79 Å². The molecule has 1 fully saturated rings. The molecule has 1 atom stereocenters. The number of ether oxygens (including phenoxy) is 1. The minimum absolute atomic E-state index is 0.142. The summed E-state index contributed by atoms with van der Waals surface area (Å²) < 4.78 is 4.61. The summed E-state index contributed by atoms with van der Waals surface area (Å²) in [4.78, 5) is 13.6. The van der Waals surface area contributed by atoms with Crippen molar-refractivity contribution in [1.82, 2.24) is 10.2 Å². The Morgan fingerprint density at radius 1 is 1.42 bits per heavy atom. The Kier molecular flexibility index (Phi) is 4.43. The smallest absolute Gasteiger partial charge is 0.406 e. The van der Waals surface area contributed by atoms with Gasteiger partial charge in [-0.2, -0.15) is 0 Å². The van der Waals surface area contributed by atoms with E-state index in [0.717, 1.165) is 26.1 Å². The molecule has 1 N–H and O–H groups in total. The molecule has 104 valence electrons. The molecule has 4 nitrogen and oxygen atoms in total. The Hall–Kier alpha value is -1.55. The molecule has 0 radical (unpaired) electrons. The summed E-state index contributed by atoms with van der Waals surface area (Å²) >= 11 is 0. The van der Waals surface area contributed by atoms with Crippen molar-refractivity contribution in [3.63, 3.8) is 0 Å². The summed E-state index contributed by atoms with van der Waals surface area (Å²) in [5.41, 5.74) is 1.48. The Balaban J connectivity index is 1.83. The molecule has 1 aromatic rings. The van der Waals surface area contributed by atoms with E-state index >= 15 is 0 Å². The van der Waals surface area contributed by atoms with E-state index < -0.39 is 0 Å². The first-order valence-corrected chi connectivity index (χ1v) is 6.69. The number of nitrogens with one attached hydrogen (secondary N) is 1. The third-order valence-electron chi connectivity index (χ3n) is 3.73. The topological polar surface area (TPSA) is 41.6 Å². The van der Waals surface area contributed by atoms with Gasteiger partial charge in [-0.1, -0.05) is 37.3 Å². The van der Waals surface area contributed by atoms with Crippen LogP contribution in [0.5, 0.6) is 0 Å². The zero-order valence-corrected chi connectivity index (χ0v) is 11.7. The molecule has 2 rings (SSSR count). The van der Waals surface area contributed by atoms with Gasteiger partial charge in [0.15, 0.2) is 0 Å². The number of methoxy groups -OCH3 is 1. The third-order valence-corrected chi connectivity index (χ3v) is 3.73. The van der Waals surface area contributed by atoms with Crippen molar-refractivity contribution in [2.24, 2.45) is 5.41 Å². The number of rotatable bonds is 4. The lowest BCUT2D eigenvalue weighted by Crippen LogP contribution is -2.37. The summed E-state index contributed by atoms with van der Waals surface area (Å²) in [6.45, 7) is 5.95. The molecule has 0 saturated carbocycles. The Bertz CT molecular complexity index is 421. The molecule has 1 saturated heterocycles. The second-order valence-electron chi connectivity index (χ2n) is 5.60. The number of carbonyl (C=O) groups is 1. The molecular weight excluding hydrogens is 240 g/mol. The average Bonchev–Trinajstić information content (AvgIpc) is 2.79. The van der Waals surface area contributed by atoms with Gasteiger partial charge in [0.2, 0.25) is 0 Å². The maximum Gasteiger partial charge on any atom is 0.406 e. The van der Waals surface area contributed by atoms with Gasteiger partial charge in [-0.05, 0) is 23.9 Å². The van der Waals surface area contributed by atoms with Gasteiger partial charge in [-0.3, -0.25) is 4.90 Å². The fourth-order valence-corrected chi connectivity index (χ4v) is 2.60. The molecule has 0 aliphatic carbocycles. The van der Waals surface area contributed by atoms with Crippen LogP contribution in [-0.2, 0) is 11.3 Å². The zero-order chi connectivity index (χ0) is 13.7. The molecule has 4 heteroatoms. The molecular formula is C15H22N2O2. The van der Waals surface area contributed by atoms with Gasteiger partial charge < -0.3 is 10.1 Å². The molecule has 0 aromatic heterocycles. The summed E-state index contributed by atoms with van der Waals surface area (Å²) in [5.74, 6) is 0. The molecule has 1 amide bonds. The predicted octanol–water partition coefficient (Wildman–Crippen LogP) is 2.25. The fourth-order valence-electron chi connectivity index (χ4n) is 2.60. The van der Waals surface area contributed by atoms with Crippen molar-refractivity contribution in [3.8, 4) is 0 Å². The van der Waals surface area contributed by atoms with E-state index in [4.69, 9.17) is 0 Å². The molecule has 1 unspecified atom stereocenters. The number of hydrogen-bond donors (Lipinski definition) is 1. The number of nitrogens with zero attached hydrogens (tertiary/aromatic N) is 1. The second-order valence-corrected chi connectivity index (χ2v) is 5.60. The van der Waals surface area contributed by atoms with Crippen molar-refractivity contribution < 1.29 is 9.53 Å². The Morgan fingerprint density at radius 3 is 2.84 bits per heavy atom. The molecule has 0 bridgehead atoms. The number of carbonyl (C=O) groups excluding carboxylic acids is 1. The quantitative estimate of drug-likeness (QED) is 0.905. The van der Waals surface area contributed by atoms with Gasteiger partial charge in [0, 0.05) is 19.6 Å². The van der Waals surface area contributed by atoms with E-state index in [9.17, 15) is 4.79 Å². The van der Waals surface area contributed by atoms with Gasteiger partial charge in [-0.25, -0.2) is 4.79 Å². The highest BCUT2D eigenvalue weighted by Crippen LogP contribution is 2.30. The number of hydrogen-bond acceptors (Lipinski definition) is 3. The molecule has 1 aliphatic heterocycles. The molecule has 1 aromatic carbocycles. The lowest BCUT2D eigenvalue weighted by Gasteiger charge is -2.24. The first-order valence-electron chi connectivity index (χ1n) is 6.69. The second kappa shape index (κ2) is 6.06. The molecule has 1 aliphatic rings. The largest absolute Gasteiger partial charge is 0.453 e. The number of amides is 1. The van der Waals surface area contributed by atoms with Gasteiger partial charge in [0.25, 0.3) is 0 Å². The van der Waals surface area contributed by atoms with E-state index in [1.165, 1.54) is 12.7 Å². The van der Waals surface area contributed by atoms with Gasteiger partial charge in [0.1, 0.15) is 0 Å². The van der Waals surface area contributed by atoms with Gasteiger partial charge in [-0.15, -0.1) is 0 Å². The molecule has 1 heterocycles. The van der Waals surface area contributed by atoms with Gasteiger partial charge >= 0.3 is 6.09 Å². The van der Waals surface area contributed by atoms with E-state index in [1.54, 1.807) is 0 Å². The summed E-state index contributed by atoms with van der Waals surface area (Å²) in [6, 6.07) is 10.5. The standard InChI is InChI=1S/C15H22N2O2/c1-15(11-16-14(18)19-2)8-9-17(12-15)10-13-6-4-3-5-7-13/h3-7H,8-12H2,1-2H3,(H,16,18). The van der Waals surface area contributed by atoms with Crippen molar-refractivity contribution in [2.75, 3.05) is 26.7 Å². The average molecular weight is 262 g/mol. The summed E-state index contributed by atoms with van der Waals surface area (Å²) in [6.07, 6.45) is 0.756. The van der Waals surface area contributed by atoms with Crippen LogP contribution in [0.2, 0.25) is 0 Å². The fraction of sp³-hybridized carbons (Fsp3) is 0.533. The predicted molar refractivity (Wildman–Crippen MR) is 74.9 cm³/mol. The summed E-state index contributed by atoms with van der Waals surface area (Å²) in [5, 5.41) is 2.81. The van der Waals surface area contributed by atoms with Crippen molar-refractivity contribution in [2.45, 2.75) is 19.9 Å². The van der Waals surface area contributed by atoms with Crippen LogP contribution in [0.1, 0.15) is 18.9 Å². The Morgan fingerprint density at radius 2 is 2.16 bits per heavy atom. The highest BCUT2D eigenvalue weighted by molar-refractivity contribution is 5.66. The summed E-state index contributed by atoms with van der Waals surface area (Å²) in [7, 11) is 1.40. The van der Waals surface area contributed by atoms with Crippen LogP contribution in [-0.4, -0.2) is 37.7 Å². The molecule has 0 spiro atoms. The Labute approximate surface area is 114 Å². The number of alkyl carbamates (subject to hydrolysis) is 1. The van der Waals surface area contributed by atoms with E-state index in [1.807, 2.05) is 6.07 Å². The van der Waals surface area contributed by atoms with Crippen molar-refractivity contribution >= 4 is 6.09 Å². The van der Waals surface area contributed by atoms with Crippen LogP contribution in [0.3, 0.4) is 0 Å². The van der Waals surface area contributed by atoms with E-state index in [2.05, 4.69) is 46.1 Å². The zero-order valence-electron chi connectivity index (χ0n) is 11.7. The first-order chi connectivity index (χ1) is 9.11. The minimum Gasteiger partial charge on any atom is -0.453 e. The lowest BCUT2D eigenvalue weighted by atomic mass is 9.90. The van der Waals surface area contributed by atoms with Crippen LogP contribution >= 0.6 is 0 Å². The maximum absolute atomic E-state index is 11.1. The minimum atomic E-state index is -0.345. The number of benzene rings is 1. The van der Waals surface area contributed by atoms with Crippen LogP contribution in [0.15, 0.2) is 30.3 Å². The normalized spacial score (nSPS) is 23.3. The highest BCUT2D eigenvalue weighted by Gasteiger charge is 2.33. The maximum atomic E-state index is 11.1.